The van der Waals surface area contributed by atoms with Crippen molar-refractivity contribution in [2.45, 2.75) is 37.8 Å². The molecule has 1 heterocycles. The van der Waals surface area contributed by atoms with Crippen LogP contribution in [0.5, 0.6) is 0 Å². The van der Waals surface area contributed by atoms with E-state index in [0.29, 0.717) is 0 Å². The molecule has 1 rings (SSSR count). The van der Waals surface area contributed by atoms with Gasteiger partial charge in [-0.15, -0.1) is 3.89 Å². The average molecular weight is 280 g/mol. The van der Waals surface area contributed by atoms with Crippen LogP contribution in [0.25, 0.3) is 0 Å². The first-order valence-electron chi connectivity index (χ1n) is 4.76. The van der Waals surface area contributed by atoms with Crippen LogP contribution in [-0.4, -0.2) is 38.3 Å². The molecule has 3 unspecified atom stereocenters. The van der Waals surface area contributed by atoms with Gasteiger partial charge in [0.1, 0.15) is 5.75 Å². The van der Waals surface area contributed by atoms with Gasteiger partial charge in [0.15, 0.2) is 12.5 Å². The minimum absolute atomic E-state index is 0.0727. The van der Waals surface area contributed by atoms with Crippen LogP contribution in [0.4, 0.5) is 17.1 Å². The molecule has 3 atom stereocenters. The highest BCUT2D eigenvalue weighted by atomic mass is 32.3. The standard InChI is InChI=1S/C8H12F4O4S/c1-3-6(2)15-7(10,4-9)8(11,16-6)5-17(12,13)14/h3-5H2,1-2H3. The molecule has 17 heavy (non-hydrogen) atoms. The SMILES string of the molecule is CCC1(C)OC(F)(CF)C(F)(CS(=O)(=O)F)O1. The summed E-state index contributed by atoms with van der Waals surface area (Å²) in [6, 6.07) is 0. The molecule has 0 spiro atoms. The Morgan fingerprint density at radius 3 is 2.00 bits per heavy atom. The van der Waals surface area contributed by atoms with E-state index < -0.39 is 40.1 Å². The molecular formula is C8H12F4O4S. The average Bonchev–Trinajstić information content (AvgIpc) is 2.32. The largest absolute Gasteiger partial charge is 0.308 e. The van der Waals surface area contributed by atoms with Gasteiger partial charge in [0.05, 0.1) is 0 Å². The van der Waals surface area contributed by atoms with Crippen LogP contribution in [0.15, 0.2) is 0 Å². The lowest BCUT2D eigenvalue weighted by molar-refractivity contribution is -0.215. The second-order valence-corrected chi connectivity index (χ2v) is 5.33. The summed E-state index contributed by atoms with van der Waals surface area (Å²) in [5.41, 5.74) is 0. The van der Waals surface area contributed by atoms with Crippen molar-refractivity contribution >= 4 is 10.2 Å². The number of ether oxygens (including phenoxy) is 2. The van der Waals surface area contributed by atoms with Crippen LogP contribution in [0.3, 0.4) is 0 Å². The molecular weight excluding hydrogens is 268 g/mol. The predicted octanol–water partition coefficient (Wildman–Crippen LogP) is 1.76. The summed E-state index contributed by atoms with van der Waals surface area (Å²) in [4.78, 5) is 0. The van der Waals surface area contributed by atoms with Crippen molar-refractivity contribution in [3.8, 4) is 0 Å². The predicted molar refractivity (Wildman–Crippen MR) is 49.4 cm³/mol. The maximum Gasteiger partial charge on any atom is 0.308 e. The fourth-order valence-corrected chi connectivity index (χ4v) is 2.21. The van der Waals surface area contributed by atoms with E-state index in [-0.39, 0.29) is 6.42 Å². The van der Waals surface area contributed by atoms with Gasteiger partial charge in [-0.2, -0.15) is 8.42 Å². The summed E-state index contributed by atoms with van der Waals surface area (Å²) >= 11 is 0. The van der Waals surface area contributed by atoms with Crippen LogP contribution < -0.4 is 0 Å². The Labute approximate surface area is 96.1 Å². The number of rotatable bonds is 4. The minimum atomic E-state index is -5.39. The second kappa shape index (κ2) is 4.06. The number of halogens is 4. The molecule has 0 aromatic rings. The van der Waals surface area contributed by atoms with Crippen molar-refractivity contribution in [2.75, 3.05) is 12.4 Å². The van der Waals surface area contributed by atoms with E-state index >= 15 is 0 Å². The molecule has 0 aliphatic carbocycles. The maximum absolute atomic E-state index is 14.0. The Bertz CT molecular complexity index is 402. The first-order valence-corrected chi connectivity index (χ1v) is 6.31. The molecule has 0 aromatic heterocycles. The smallest absolute Gasteiger partial charge is 0.308 e. The highest BCUT2D eigenvalue weighted by Gasteiger charge is 2.69. The molecule has 0 N–H and O–H groups in total. The number of alkyl halides is 3. The van der Waals surface area contributed by atoms with E-state index in [4.69, 9.17) is 0 Å². The van der Waals surface area contributed by atoms with Crippen LogP contribution in [0.1, 0.15) is 20.3 Å². The Morgan fingerprint density at radius 2 is 1.65 bits per heavy atom. The third-order valence-corrected chi connectivity index (χ3v) is 3.20. The van der Waals surface area contributed by atoms with Crippen molar-refractivity contribution < 1.29 is 34.9 Å². The van der Waals surface area contributed by atoms with E-state index in [0.717, 1.165) is 6.92 Å². The van der Waals surface area contributed by atoms with Gasteiger partial charge in [0, 0.05) is 0 Å². The van der Waals surface area contributed by atoms with Crippen molar-refractivity contribution in [3.63, 3.8) is 0 Å². The molecule has 1 aliphatic heterocycles. The summed E-state index contributed by atoms with van der Waals surface area (Å²) in [6.07, 6.45) is -0.0727. The molecule has 0 amide bonds. The summed E-state index contributed by atoms with van der Waals surface area (Å²) in [5, 5.41) is 0. The third kappa shape index (κ3) is 2.71. The van der Waals surface area contributed by atoms with Crippen molar-refractivity contribution in [3.05, 3.63) is 0 Å². The quantitative estimate of drug-likeness (QED) is 0.581. The Morgan fingerprint density at radius 1 is 1.18 bits per heavy atom. The lowest BCUT2D eigenvalue weighted by atomic mass is 10.2. The van der Waals surface area contributed by atoms with E-state index in [1.807, 2.05) is 0 Å². The van der Waals surface area contributed by atoms with E-state index in [1.54, 1.807) is 0 Å². The van der Waals surface area contributed by atoms with Crippen molar-refractivity contribution in [2.24, 2.45) is 0 Å². The normalized spacial score (nSPS) is 42.9. The minimum Gasteiger partial charge on any atom is -0.308 e. The van der Waals surface area contributed by atoms with Gasteiger partial charge >= 0.3 is 16.1 Å². The van der Waals surface area contributed by atoms with Crippen molar-refractivity contribution in [1.82, 2.24) is 0 Å². The fourth-order valence-electron chi connectivity index (χ4n) is 1.49. The molecule has 4 nitrogen and oxygen atoms in total. The van der Waals surface area contributed by atoms with Crippen LogP contribution in [-0.2, 0) is 19.7 Å². The third-order valence-electron chi connectivity index (χ3n) is 2.49. The van der Waals surface area contributed by atoms with Crippen LogP contribution in [0, 0.1) is 0 Å². The molecule has 9 heteroatoms. The van der Waals surface area contributed by atoms with E-state index in [2.05, 4.69) is 9.47 Å². The highest BCUT2D eigenvalue weighted by molar-refractivity contribution is 7.86. The lowest BCUT2D eigenvalue weighted by Gasteiger charge is -2.25. The summed E-state index contributed by atoms with van der Waals surface area (Å²) in [6.45, 7) is 0.534. The molecule has 0 bridgehead atoms. The topological polar surface area (TPSA) is 52.6 Å². The molecule has 1 saturated heterocycles. The summed E-state index contributed by atoms with van der Waals surface area (Å²) < 4.78 is 82.3. The maximum atomic E-state index is 14.0. The van der Waals surface area contributed by atoms with Gasteiger partial charge in [0.2, 0.25) is 0 Å². The lowest BCUT2D eigenvalue weighted by Crippen LogP contribution is -2.50. The fraction of sp³-hybridized carbons (Fsp3) is 1.00. The Balaban J connectivity index is 3.12. The molecule has 0 aromatic carbocycles. The van der Waals surface area contributed by atoms with E-state index in [9.17, 15) is 25.5 Å². The molecule has 102 valence electrons. The van der Waals surface area contributed by atoms with Gasteiger partial charge in [-0.25, -0.2) is 13.2 Å². The van der Waals surface area contributed by atoms with Crippen LogP contribution in [0.2, 0.25) is 0 Å². The van der Waals surface area contributed by atoms with Gasteiger partial charge in [-0.1, -0.05) is 6.92 Å². The number of hydrogen-bond acceptors (Lipinski definition) is 4. The Kier molecular flexibility index (Phi) is 3.50. The highest BCUT2D eigenvalue weighted by Crippen LogP contribution is 2.48. The first-order chi connectivity index (χ1) is 7.49. The van der Waals surface area contributed by atoms with Gasteiger partial charge in [-0.05, 0) is 13.3 Å². The van der Waals surface area contributed by atoms with Gasteiger partial charge in [0.25, 0.3) is 5.85 Å². The summed E-state index contributed by atoms with van der Waals surface area (Å²) in [5.74, 6) is -11.2. The van der Waals surface area contributed by atoms with Gasteiger partial charge in [-0.3, -0.25) is 0 Å². The van der Waals surface area contributed by atoms with Gasteiger partial charge < -0.3 is 9.47 Å². The number of hydrogen-bond donors (Lipinski definition) is 0. The zero-order valence-corrected chi connectivity index (χ0v) is 9.99. The monoisotopic (exact) mass is 280 g/mol. The summed E-state index contributed by atoms with van der Waals surface area (Å²) in [7, 11) is -5.39. The second-order valence-electron chi connectivity index (χ2n) is 3.97. The molecule has 0 saturated carbocycles. The van der Waals surface area contributed by atoms with Crippen LogP contribution >= 0.6 is 0 Å². The zero-order chi connectivity index (χ0) is 13.5. The zero-order valence-electron chi connectivity index (χ0n) is 9.17. The Hall–Kier alpha value is -0.410. The first kappa shape index (κ1) is 14.7. The van der Waals surface area contributed by atoms with Crippen molar-refractivity contribution in [1.29, 1.82) is 0 Å². The molecule has 1 aliphatic rings. The molecule has 1 fully saturated rings. The molecule has 0 radical (unpaired) electrons. The van der Waals surface area contributed by atoms with E-state index in [1.165, 1.54) is 6.92 Å².